The standard InChI is InChI=1S/C11H24O2Si/c1-6-7-14(12-8-10(2)3)13-9-11(4)5/h6,10-11,14H,1,7-9H2,2-5H3. The summed E-state index contributed by atoms with van der Waals surface area (Å²) in [5.74, 6) is 1.16. The molecule has 0 saturated heterocycles. The highest BCUT2D eigenvalue weighted by atomic mass is 28.3. The molecule has 0 aliphatic rings. The van der Waals surface area contributed by atoms with Crippen LogP contribution in [0.4, 0.5) is 0 Å². The number of hydrogen-bond acceptors (Lipinski definition) is 2. The maximum Gasteiger partial charge on any atom is 0.325 e. The van der Waals surface area contributed by atoms with E-state index in [0.717, 1.165) is 19.3 Å². The van der Waals surface area contributed by atoms with Crippen molar-refractivity contribution in [2.24, 2.45) is 11.8 Å². The Balaban J connectivity index is 3.70. The fourth-order valence-electron chi connectivity index (χ4n) is 0.920. The first kappa shape index (κ1) is 13.9. The average molecular weight is 216 g/mol. The molecule has 0 N–H and O–H groups in total. The van der Waals surface area contributed by atoms with Crippen molar-refractivity contribution in [3.05, 3.63) is 12.7 Å². The molecule has 0 amide bonds. The summed E-state index contributed by atoms with van der Waals surface area (Å²) in [5, 5.41) is 0. The van der Waals surface area contributed by atoms with Gasteiger partial charge in [0.2, 0.25) is 0 Å². The van der Waals surface area contributed by atoms with Crippen molar-refractivity contribution in [1.82, 2.24) is 0 Å². The molecule has 0 aromatic rings. The van der Waals surface area contributed by atoms with Gasteiger partial charge < -0.3 is 8.85 Å². The second kappa shape index (κ2) is 8.21. The van der Waals surface area contributed by atoms with Crippen LogP contribution >= 0.6 is 0 Å². The second-order valence-corrected chi connectivity index (χ2v) is 6.41. The van der Waals surface area contributed by atoms with Crippen molar-refractivity contribution in [1.29, 1.82) is 0 Å². The molecule has 0 aromatic carbocycles. The lowest BCUT2D eigenvalue weighted by Gasteiger charge is -2.17. The van der Waals surface area contributed by atoms with E-state index in [9.17, 15) is 0 Å². The maximum absolute atomic E-state index is 5.74. The average Bonchev–Trinajstić information content (AvgIpc) is 2.09. The van der Waals surface area contributed by atoms with Crippen LogP contribution in [0.5, 0.6) is 0 Å². The van der Waals surface area contributed by atoms with Gasteiger partial charge in [0.1, 0.15) is 0 Å². The van der Waals surface area contributed by atoms with Crippen LogP contribution in [-0.4, -0.2) is 22.5 Å². The molecular formula is C11H24O2Si. The van der Waals surface area contributed by atoms with E-state index in [0.29, 0.717) is 11.8 Å². The molecule has 84 valence electrons. The third kappa shape index (κ3) is 8.47. The Morgan fingerprint density at radius 3 is 1.79 bits per heavy atom. The first-order valence-electron chi connectivity index (χ1n) is 5.40. The van der Waals surface area contributed by atoms with Crippen LogP contribution in [-0.2, 0) is 8.85 Å². The van der Waals surface area contributed by atoms with Gasteiger partial charge >= 0.3 is 9.28 Å². The fourth-order valence-corrected chi connectivity index (χ4v) is 2.76. The Labute approximate surface area is 90.2 Å². The van der Waals surface area contributed by atoms with Gasteiger partial charge in [0.25, 0.3) is 0 Å². The smallest absolute Gasteiger partial charge is 0.325 e. The van der Waals surface area contributed by atoms with Gasteiger partial charge in [-0.2, -0.15) is 0 Å². The van der Waals surface area contributed by atoms with Crippen molar-refractivity contribution >= 4 is 9.28 Å². The number of allylic oxidation sites excluding steroid dienone is 1. The Morgan fingerprint density at radius 1 is 1.07 bits per heavy atom. The van der Waals surface area contributed by atoms with Crippen molar-refractivity contribution < 1.29 is 8.85 Å². The SMILES string of the molecule is C=CC[SiH](OCC(C)C)OCC(C)C. The van der Waals surface area contributed by atoms with E-state index in [1.54, 1.807) is 0 Å². The topological polar surface area (TPSA) is 18.5 Å². The molecular weight excluding hydrogens is 192 g/mol. The number of hydrogen-bond donors (Lipinski definition) is 0. The van der Waals surface area contributed by atoms with Gasteiger partial charge in [-0.15, -0.1) is 6.58 Å². The summed E-state index contributed by atoms with van der Waals surface area (Å²) < 4.78 is 11.5. The molecule has 2 nitrogen and oxygen atoms in total. The first-order valence-corrected chi connectivity index (χ1v) is 7.16. The van der Waals surface area contributed by atoms with E-state index in [-0.39, 0.29) is 0 Å². The molecule has 0 bridgehead atoms. The van der Waals surface area contributed by atoms with E-state index in [1.165, 1.54) is 0 Å². The normalized spacial score (nSPS) is 11.6. The lowest BCUT2D eigenvalue weighted by molar-refractivity contribution is 0.165. The van der Waals surface area contributed by atoms with Crippen LogP contribution in [0, 0.1) is 11.8 Å². The third-order valence-corrected chi connectivity index (χ3v) is 3.44. The molecule has 0 unspecified atom stereocenters. The predicted octanol–water partition coefficient (Wildman–Crippen LogP) is 2.74. The first-order chi connectivity index (χ1) is 6.56. The number of rotatable bonds is 8. The van der Waals surface area contributed by atoms with Gasteiger partial charge in [-0.1, -0.05) is 33.8 Å². The summed E-state index contributed by atoms with van der Waals surface area (Å²) in [5.41, 5.74) is 0. The Morgan fingerprint density at radius 2 is 1.50 bits per heavy atom. The Kier molecular flexibility index (Phi) is 8.13. The van der Waals surface area contributed by atoms with Crippen LogP contribution in [0.25, 0.3) is 0 Å². The summed E-state index contributed by atoms with van der Waals surface area (Å²) in [6.07, 6.45) is 1.90. The Bertz CT molecular complexity index is 134. The monoisotopic (exact) mass is 216 g/mol. The minimum absolute atomic E-state index is 0.581. The summed E-state index contributed by atoms with van der Waals surface area (Å²) in [6.45, 7) is 14.0. The molecule has 0 spiro atoms. The van der Waals surface area contributed by atoms with Crippen molar-refractivity contribution in [2.45, 2.75) is 33.7 Å². The molecule has 0 rings (SSSR count). The molecule has 0 aliphatic heterocycles. The van der Waals surface area contributed by atoms with Crippen molar-refractivity contribution in [2.75, 3.05) is 13.2 Å². The summed E-state index contributed by atoms with van der Waals surface area (Å²) >= 11 is 0. The largest absolute Gasteiger partial charge is 0.396 e. The minimum atomic E-state index is -1.46. The zero-order chi connectivity index (χ0) is 11.0. The van der Waals surface area contributed by atoms with Crippen LogP contribution in [0.1, 0.15) is 27.7 Å². The lowest BCUT2D eigenvalue weighted by atomic mass is 10.2. The van der Waals surface area contributed by atoms with E-state index in [2.05, 4.69) is 34.3 Å². The minimum Gasteiger partial charge on any atom is -0.396 e. The van der Waals surface area contributed by atoms with Crippen LogP contribution in [0.3, 0.4) is 0 Å². The molecule has 3 heteroatoms. The zero-order valence-electron chi connectivity index (χ0n) is 9.95. The fraction of sp³-hybridized carbons (Fsp3) is 0.818. The molecule has 14 heavy (non-hydrogen) atoms. The van der Waals surface area contributed by atoms with Gasteiger partial charge in [-0.3, -0.25) is 0 Å². The van der Waals surface area contributed by atoms with Gasteiger partial charge in [0.05, 0.1) is 0 Å². The highest BCUT2D eigenvalue weighted by molar-refractivity contribution is 6.45. The van der Waals surface area contributed by atoms with Crippen LogP contribution in [0.2, 0.25) is 6.04 Å². The molecule has 0 radical (unpaired) electrons. The van der Waals surface area contributed by atoms with E-state index >= 15 is 0 Å². The molecule has 0 aliphatic carbocycles. The van der Waals surface area contributed by atoms with Gasteiger partial charge in [0, 0.05) is 19.3 Å². The van der Waals surface area contributed by atoms with E-state index in [4.69, 9.17) is 8.85 Å². The highest BCUT2D eigenvalue weighted by Crippen LogP contribution is 2.04. The van der Waals surface area contributed by atoms with E-state index < -0.39 is 9.28 Å². The predicted molar refractivity (Wildman–Crippen MR) is 63.7 cm³/mol. The second-order valence-electron chi connectivity index (χ2n) is 4.41. The quantitative estimate of drug-likeness (QED) is 0.459. The molecule has 0 aromatic heterocycles. The highest BCUT2D eigenvalue weighted by Gasteiger charge is 2.12. The molecule has 0 atom stereocenters. The summed E-state index contributed by atoms with van der Waals surface area (Å²) in [7, 11) is -1.46. The third-order valence-electron chi connectivity index (χ3n) is 1.59. The van der Waals surface area contributed by atoms with E-state index in [1.807, 2.05) is 6.08 Å². The van der Waals surface area contributed by atoms with Crippen LogP contribution < -0.4 is 0 Å². The summed E-state index contributed by atoms with van der Waals surface area (Å²) in [4.78, 5) is 0. The van der Waals surface area contributed by atoms with Gasteiger partial charge in [-0.05, 0) is 11.8 Å². The van der Waals surface area contributed by atoms with Crippen LogP contribution in [0.15, 0.2) is 12.7 Å². The zero-order valence-corrected chi connectivity index (χ0v) is 11.1. The summed E-state index contributed by atoms with van der Waals surface area (Å²) in [6, 6.07) is 0.902. The van der Waals surface area contributed by atoms with Gasteiger partial charge in [-0.25, -0.2) is 0 Å². The van der Waals surface area contributed by atoms with Gasteiger partial charge in [0.15, 0.2) is 0 Å². The molecule has 0 saturated carbocycles. The van der Waals surface area contributed by atoms with Crippen molar-refractivity contribution in [3.63, 3.8) is 0 Å². The Hall–Kier alpha value is -0.123. The van der Waals surface area contributed by atoms with Crippen molar-refractivity contribution in [3.8, 4) is 0 Å². The molecule has 0 heterocycles. The maximum atomic E-state index is 5.74. The molecule has 0 fully saturated rings. The lowest BCUT2D eigenvalue weighted by Crippen LogP contribution is -2.26.